The van der Waals surface area contributed by atoms with Gasteiger partial charge >= 0.3 is 0 Å². The Morgan fingerprint density at radius 2 is 2.07 bits per heavy atom. The van der Waals surface area contributed by atoms with E-state index in [4.69, 9.17) is 5.73 Å². The molecule has 3 N–H and O–H groups in total. The fourth-order valence-electron chi connectivity index (χ4n) is 2.11. The van der Waals surface area contributed by atoms with Crippen molar-refractivity contribution < 1.29 is 0 Å². The molecule has 0 aromatic carbocycles. The van der Waals surface area contributed by atoms with E-state index in [9.17, 15) is 0 Å². The minimum absolute atomic E-state index is 0.524. The third kappa shape index (κ3) is 3.08. The largest absolute Gasteiger partial charge is 0.384 e. The molecule has 1 heterocycles. The third-order valence-electron chi connectivity index (χ3n) is 2.98. The van der Waals surface area contributed by atoms with Gasteiger partial charge in [0.1, 0.15) is 18.0 Å². The molecule has 1 aromatic heterocycles. The summed E-state index contributed by atoms with van der Waals surface area (Å²) in [5, 5.41) is 3.32. The molecule has 1 aromatic rings. The molecule has 4 heteroatoms. The molecule has 2 rings (SSSR count). The average molecular weight is 206 g/mol. The van der Waals surface area contributed by atoms with Crippen molar-refractivity contribution in [1.29, 1.82) is 0 Å². The molecule has 0 saturated heterocycles. The highest BCUT2D eigenvalue weighted by molar-refractivity contribution is 5.43. The first-order valence-corrected chi connectivity index (χ1v) is 5.66. The first kappa shape index (κ1) is 10.2. The van der Waals surface area contributed by atoms with Crippen LogP contribution in [0.4, 0.5) is 11.6 Å². The fourth-order valence-corrected chi connectivity index (χ4v) is 2.11. The molecular formula is C11H18N4. The second-order valence-electron chi connectivity index (χ2n) is 4.21. The SMILES string of the molecule is Nc1cc(NCC2CCCCC2)ncn1. The number of anilines is 2. The number of rotatable bonds is 3. The van der Waals surface area contributed by atoms with E-state index >= 15 is 0 Å². The first-order chi connectivity index (χ1) is 7.34. The summed E-state index contributed by atoms with van der Waals surface area (Å²) in [7, 11) is 0. The highest BCUT2D eigenvalue weighted by Gasteiger charge is 2.12. The normalized spacial score (nSPS) is 17.6. The summed E-state index contributed by atoms with van der Waals surface area (Å²) in [5.41, 5.74) is 5.58. The molecule has 1 aliphatic carbocycles. The van der Waals surface area contributed by atoms with Gasteiger partial charge in [0, 0.05) is 12.6 Å². The molecule has 0 spiro atoms. The van der Waals surface area contributed by atoms with Gasteiger partial charge in [-0.25, -0.2) is 9.97 Å². The number of aromatic nitrogens is 2. The summed E-state index contributed by atoms with van der Waals surface area (Å²) < 4.78 is 0. The Morgan fingerprint density at radius 1 is 1.27 bits per heavy atom. The first-order valence-electron chi connectivity index (χ1n) is 5.66. The Bertz CT molecular complexity index is 307. The maximum atomic E-state index is 5.58. The summed E-state index contributed by atoms with van der Waals surface area (Å²) in [4.78, 5) is 7.98. The molecule has 0 radical (unpaired) electrons. The monoisotopic (exact) mass is 206 g/mol. The van der Waals surface area contributed by atoms with Crippen molar-refractivity contribution in [3.05, 3.63) is 12.4 Å². The maximum absolute atomic E-state index is 5.58. The number of hydrogen-bond donors (Lipinski definition) is 2. The number of nitrogens with zero attached hydrogens (tertiary/aromatic N) is 2. The van der Waals surface area contributed by atoms with Crippen LogP contribution < -0.4 is 11.1 Å². The van der Waals surface area contributed by atoms with Gasteiger partial charge in [0.05, 0.1) is 0 Å². The van der Waals surface area contributed by atoms with E-state index in [1.165, 1.54) is 38.4 Å². The summed E-state index contributed by atoms with van der Waals surface area (Å²) in [5.74, 6) is 2.17. The molecule has 1 fully saturated rings. The van der Waals surface area contributed by atoms with Crippen molar-refractivity contribution >= 4 is 11.6 Å². The average Bonchev–Trinajstić information content (AvgIpc) is 2.28. The van der Waals surface area contributed by atoms with E-state index in [0.29, 0.717) is 5.82 Å². The Balaban J connectivity index is 1.81. The Kier molecular flexibility index (Phi) is 3.37. The van der Waals surface area contributed by atoms with Crippen molar-refractivity contribution in [2.24, 2.45) is 5.92 Å². The molecular weight excluding hydrogens is 188 g/mol. The second-order valence-corrected chi connectivity index (χ2v) is 4.21. The third-order valence-corrected chi connectivity index (χ3v) is 2.98. The minimum atomic E-state index is 0.524. The van der Waals surface area contributed by atoms with Crippen LogP contribution in [0.15, 0.2) is 12.4 Å². The number of nitrogens with two attached hydrogens (primary N) is 1. The van der Waals surface area contributed by atoms with Crippen LogP contribution >= 0.6 is 0 Å². The van der Waals surface area contributed by atoms with Gasteiger partial charge in [-0.3, -0.25) is 0 Å². The van der Waals surface area contributed by atoms with Crippen molar-refractivity contribution in [3.63, 3.8) is 0 Å². The van der Waals surface area contributed by atoms with E-state index in [1.807, 2.05) is 0 Å². The van der Waals surface area contributed by atoms with E-state index < -0.39 is 0 Å². The summed E-state index contributed by atoms with van der Waals surface area (Å²) in [6.07, 6.45) is 8.33. The van der Waals surface area contributed by atoms with Crippen molar-refractivity contribution in [2.45, 2.75) is 32.1 Å². The predicted molar refractivity (Wildman–Crippen MR) is 61.5 cm³/mol. The van der Waals surface area contributed by atoms with Crippen molar-refractivity contribution in [1.82, 2.24) is 9.97 Å². The van der Waals surface area contributed by atoms with Crippen molar-refractivity contribution in [3.8, 4) is 0 Å². The molecule has 82 valence electrons. The second kappa shape index (κ2) is 4.96. The maximum Gasteiger partial charge on any atom is 0.131 e. The zero-order valence-electron chi connectivity index (χ0n) is 8.95. The van der Waals surface area contributed by atoms with Gasteiger partial charge in [-0.2, -0.15) is 0 Å². The lowest BCUT2D eigenvalue weighted by molar-refractivity contribution is 0.373. The predicted octanol–water partition coefficient (Wildman–Crippen LogP) is 2.05. The molecule has 0 amide bonds. The fraction of sp³-hybridized carbons (Fsp3) is 0.636. The van der Waals surface area contributed by atoms with Crippen LogP contribution in [0.25, 0.3) is 0 Å². The van der Waals surface area contributed by atoms with Crippen LogP contribution in [0.3, 0.4) is 0 Å². The molecule has 1 aliphatic rings. The molecule has 0 aliphatic heterocycles. The quantitative estimate of drug-likeness (QED) is 0.794. The molecule has 4 nitrogen and oxygen atoms in total. The van der Waals surface area contributed by atoms with Crippen LogP contribution in [-0.2, 0) is 0 Å². The van der Waals surface area contributed by atoms with Gasteiger partial charge in [-0.15, -0.1) is 0 Å². The van der Waals surface area contributed by atoms with Gasteiger partial charge < -0.3 is 11.1 Å². The Labute approximate surface area is 90.3 Å². The number of nitrogen functional groups attached to an aromatic ring is 1. The van der Waals surface area contributed by atoms with Crippen LogP contribution in [0.2, 0.25) is 0 Å². The minimum Gasteiger partial charge on any atom is -0.384 e. The Hall–Kier alpha value is -1.32. The van der Waals surface area contributed by atoms with Gasteiger partial charge in [-0.1, -0.05) is 19.3 Å². The van der Waals surface area contributed by atoms with Gasteiger partial charge in [0.25, 0.3) is 0 Å². The summed E-state index contributed by atoms with van der Waals surface area (Å²) in [6, 6.07) is 1.78. The summed E-state index contributed by atoms with van der Waals surface area (Å²) in [6.45, 7) is 1.01. The highest BCUT2D eigenvalue weighted by atomic mass is 15.0. The lowest BCUT2D eigenvalue weighted by atomic mass is 9.89. The zero-order valence-corrected chi connectivity index (χ0v) is 8.95. The van der Waals surface area contributed by atoms with Crippen molar-refractivity contribution in [2.75, 3.05) is 17.6 Å². The van der Waals surface area contributed by atoms with Gasteiger partial charge in [-0.05, 0) is 18.8 Å². The van der Waals surface area contributed by atoms with Crippen LogP contribution in [0.1, 0.15) is 32.1 Å². The molecule has 0 bridgehead atoms. The van der Waals surface area contributed by atoms with Gasteiger partial charge in [0.15, 0.2) is 0 Å². The Morgan fingerprint density at radius 3 is 2.80 bits per heavy atom. The lowest BCUT2D eigenvalue weighted by Gasteiger charge is -2.21. The highest BCUT2D eigenvalue weighted by Crippen LogP contribution is 2.23. The standard InChI is InChI=1S/C11H18N4/c12-10-6-11(15-8-14-10)13-7-9-4-2-1-3-5-9/h6,8-9H,1-5,7H2,(H3,12,13,14,15). The topological polar surface area (TPSA) is 63.8 Å². The van der Waals surface area contributed by atoms with E-state index in [0.717, 1.165) is 18.3 Å². The number of hydrogen-bond acceptors (Lipinski definition) is 4. The zero-order chi connectivity index (χ0) is 10.5. The van der Waals surface area contributed by atoms with E-state index in [-0.39, 0.29) is 0 Å². The molecule has 0 atom stereocenters. The van der Waals surface area contributed by atoms with E-state index in [1.54, 1.807) is 6.07 Å². The van der Waals surface area contributed by atoms with Crippen LogP contribution in [-0.4, -0.2) is 16.5 Å². The summed E-state index contributed by atoms with van der Waals surface area (Å²) >= 11 is 0. The lowest BCUT2D eigenvalue weighted by Crippen LogP contribution is -2.17. The number of nitrogens with one attached hydrogen (secondary N) is 1. The van der Waals surface area contributed by atoms with E-state index in [2.05, 4.69) is 15.3 Å². The van der Waals surface area contributed by atoms with Crippen LogP contribution in [0, 0.1) is 5.92 Å². The molecule has 1 saturated carbocycles. The van der Waals surface area contributed by atoms with Gasteiger partial charge in [0.2, 0.25) is 0 Å². The molecule has 0 unspecified atom stereocenters. The molecule has 15 heavy (non-hydrogen) atoms. The van der Waals surface area contributed by atoms with Crippen LogP contribution in [0.5, 0.6) is 0 Å². The smallest absolute Gasteiger partial charge is 0.131 e.